The van der Waals surface area contributed by atoms with Gasteiger partial charge in [-0.25, -0.2) is 4.79 Å². The van der Waals surface area contributed by atoms with Gasteiger partial charge in [0.05, 0.1) is 19.8 Å². The highest BCUT2D eigenvalue weighted by molar-refractivity contribution is 5.96. The highest BCUT2D eigenvalue weighted by Gasteiger charge is 2.19. The van der Waals surface area contributed by atoms with Crippen LogP contribution in [-0.4, -0.2) is 32.2 Å². The lowest BCUT2D eigenvalue weighted by Crippen LogP contribution is -2.32. The third-order valence-corrected chi connectivity index (χ3v) is 3.53. The second-order valence-electron chi connectivity index (χ2n) is 5.26. The van der Waals surface area contributed by atoms with Crippen LogP contribution in [0.2, 0.25) is 0 Å². The Hall–Kier alpha value is -3.02. The molecule has 1 atom stereocenters. The van der Waals surface area contributed by atoms with Gasteiger partial charge in [-0.05, 0) is 36.8 Å². The van der Waals surface area contributed by atoms with Gasteiger partial charge in [-0.15, -0.1) is 0 Å². The molecule has 0 spiro atoms. The van der Waals surface area contributed by atoms with Crippen LogP contribution in [-0.2, 0) is 9.53 Å². The number of hydrogen-bond donors (Lipinski definition) is 1. The Balaban J connectivity index is 2.08. The average molecular weight is 343 g/mol. The van der Waals surface area contributed by atoms with Crippen LogP contribution in [0.3, 0.4) is 0 Å². The van der Waals surface area contributed by atoms with E-state index in [1.54, 1.807) is 55.6 Å². The van der Waals surface area contributed by atoms with E-state index in [-0.39, 0.29) is 5.91 Å². The SMILES string of the molecule is CC[C@@H](Oc1cccc(OC)c1)C(=O)Nc1cccc(C(=O)OC)c1. The van der Waals surface area contributed by atoms with E-state index in [4.69, 9.17) is 9.47 Å². The Kier molecular flexibility index (Phi) is 6.39. The van der Waals surface area contributed by atoms with Crippen molar-refractivity contribution in [1.29, 1.82) is 0 Å². The van der Waals surface area contributed by atoms with Crippen LogP contribution in [0.15, 0.2) is 48.5 Å². The molecule has 0 fully saturated rings. The Morgan fingerprint density at radius 3 is 2.44 bits per heavy atom. The number of amides is 1. The first-order valence-electron chi connectivity index (χ1n) is 7.87. The third-order valence-electron chi connectivity index (χ3n) is 3.53. The Morgan fingerprint density at radius 2 is 1.76 bits per heavy atom. The van der Waals surface area contributed by atoms with Crippen molar-refractivity contribution in [3.8, 4) is 11.5 Å². The van der Waals surface area contributed by atoms with Gasteiger partial charge in [0.15, 0.2) is 6.10 Å². The summed E-state index contributed by atoms with van der Waals surface area (Å²) in [5.41, 5.74) is 0.864. The maximum atomic E-state index is 12.5. The van der Waals surface area contributed by atoms with E-state index in [2.05, 4.69) is 10.1 Å². The van der Waals surface area contributed by atoms with Crippen LogP contribution in [0, 0.1) is 0 Å². The fourth-order valence-corrected chi connectivity index (χ4v) is 2.23. The maximum absolute atomic E-state index is 12.5. The lowest BCUT2D eigenvalue weighted by Gasteiger charge is -2.18. The van der Waals surface area contributed by atoms with Crippen LogP contribution in [0.5, 0.6) is 11.5 Å². The summed E-state index contributed by atoms with van der Waals surface area (Å²) in [6.07, 6.45) is -0.186. The summed E-state index contributed by atoms with van der Waals surface area (Å²) in [5, 5.41) is 2.76. The molecule has 0 aliphatic rings. The van der Waals surface area contributed by atoms with Crippen molar-refractivity contribution in [2.45, 2.75) is 19.4 Å². The molecule has 6 nitrogen and oxygen atoms in total. The number of benzene rings is 2. The number of nitrogens with one attached hydrogen (secondary N) is 1. The quantitative estimate of drug-likeness (QED) is 0.781. The number of methoxy groups -OCH3 is 2. The molecule has 0 saturated carbocycles. The molecule has 0 aliphatic carbocycles. The van der Waals surface area contributed by atoms with Gasteiger partial charge in [0.2, 0.25) is 0 Å². The number of ether oxygens (including phenoxy) is 3. The van der Waals surface area contributed by atoms with Crippen molar-refractivity contribution in [3.05, 3.63) is 54.1 Å². The van der Waals surface area contributed by atoms with Gasteiger partial charge >= 0.3 is 5.97 Å². The van der Waals surface area contributed by atoms with Crippen LogP contribution in [0.25, 0.3) is 0 Å². The molecule has 0 heterocycles. The zero-order valence-corrected chi connectivity index (χ0v) is 14.4. The first-order chi connectivity index (χ1) is 12.1. The van der Waals surface area contributed by atoms with E-state index in [9.17, 15) is 9.59 Å². The van der Waals surface area contributed by atoms with E-state index >= 15 is 0 Å². The molecule has 0 saturated heterocycles. The van der Waals surface area contributed by atoms with Crippen molar-refractivity contribution < 1.29 is 23.8 Å². The zero-order chi connectivity index (χ0) is 18.2. The first kappa shape index (κ1) is 18.3. The third kappa shape index (κ3) is 4.97. The standard InChI is InChI=1S/C19H21NO5/c1-4-17(25-16-10-6-9-15(12-16)23-2)18(21)20-14-8-5-7-13(11-14)19(22)24-3/h5-12,17H,4H2,1-3H3,(H,20,21)/t17-/m1/s1. The van der Waals surface area contributed by atoms with E-state index in [0.717, 1.165) is 0 Å². The largest absolute Gasteiger partial charge is 0.497 e. The van der Waals surface area contributed by atoms with Gasteiger partial charge in [-0.1, -0.05) is 19.1 Å². The fraction of sp³-hybridized carbons (Fsp3) is 0.263. The molecule has 2 aromatic rings. The molecule has 0 unspecified atom stereocenters. The normalized spacial score (nSPS) is 11.3. The number of hydrogen-bond acceptors (Lipinski definition) is 5. The lowest BCUT2D eigenvalue weighted by molar-refractivity contribution is -0.122. The summed E-state index contributed by atoms with van der Waals surface area (Å²) < 4.78 is 15.6. The molecule has 0 radical (unpaired) electrons. The molecule has 6 heteroatoms. The molecular weight excluding hydrogens is 322 g/mol. The lowest BCUT2D eigenvalue weighted by atomic mass is 10.2. The second kappa shape index (κ2) is 8.73. The van der Waals surface area contributed by atoms with Gasteiger partial charge in [-0.2, -0.15) is 0 Å². The number of rotatable bonds is 7. The minimum atomic E-state index is -0.672. The van der Waals surface area contributed by atoms with Crippen molar-refractivity contribution in [2.75, 3.05) is 19.5 Å². The van der Waals surface area contributed by atoms with Crippen LogP contribution >= 0.6 is 0 Å². The highest BCUT2D eigenvalue weighted by atomic mass is 16.5. The van der Waals surface area contributed by atoms with Crippen molar-refractivity contribution in [3.63, 3.8) is 0 Å². The monoisotopic (exact) mass is 343 g/mol. The Morgan fingerprint density at radius 1 is 1.04 bits per heavy atom. The molecule has 0 bridgehead atoms. The van der Waals surface area contributed by atoms with Gasteiger partial charge in [0.25, 0.3) is 5.91 Å². The van der Waals surface area contributed by atoms with E-state index < -0.39 is 12.1 Å². The minimum Gasteiger partial charge on any atom is -0.497 e. The second-order valence-corrected chi connectivity index (χ2v) is 5.26. The molecule has 0 aliphatic heterocycles. The molecule has 25 heavy (non-hydrogen) atoms. The van der Waals surface area contributed by atoms with Gasteiger partial charge in [-0.3, -0.25) is 4.79 Å². The average Bonchev–Trinajstić information content (AvgIpc) is 2.65. The number of anilines is 1. The minimum absolute atomic E-state index is 0.299. The van der Waals surface area contributed by atoms with E-state index in [1.807, 2.05) is 6.92 Å². The molecule has 1 amide bonds. The van der Waals surface area contributed by atoms with Crippen molar-refractivity contribution in [1.82, 2.24) is 0 Å². The summed E-state index contributed by atoms with van der Waals surface area (Å²) in [6, 6.07) is 13.6. The van der Waals surface area contributed by atoms with E-state index in [1.165, 1.54) is 7.11 Å². The molecule has 0 aromatic heterocycles. The Labute approximate surface area is 146 Å². The van der Waals surface area contributed by atoms with Crippen molar-refractivity contribution in [2.24, 2.45) is 0 Å². The predicted octanol–water partition coefficient (Wildman–Crippen LogP) is 3.28. The number of esters is 1. The van der Waals surface area contributed by atoms with E-state index in [0.29, 0.717) is 29.2 Å². The van der Waals surface area contributed by atoms with Crippen LogP contribution < -0.4 is 14.8 Å². The molecule has 2 aromatic carbocycles. The van der Waals surface area contributed by atoms with Gasteiger partial charge in [0.1, 0.15) is 11.5 Å². The van der Waals surface area contributed by atoms with Crippen molar-refractivity contribution >= 4 is 17.6 Å². The summed E-state index contributed by atoms with van der Waals surface area (Å²) in [6.45, 7) is 1.86. The first-order valence-corrected chi connectivity index (χ1v) is 7.87. The van der Waals surface area contributed by atoms with Gasteiger partial charge in [0, 0.05) is 11.8 Å². The van der Waals surface area contributed by atoms with Crippen LogP contribution in [0.4, 0.5) is 5.69 Å². The fourth-order valence-electron chi connectivity index (χ4n) is 2.23. The van der Waals surface area contributed by atoms with Gasteiger partial charge < -0.3 is 19.5 Å². The highest BCUT2D eigenvalue weighted by Crippen LogP contribution is 2.21. The molecule has 132 valence electrons. The number of carbonyl (C=O) groups excluding carboxylic acids is 2. The zero-order valence-electron chi connectivity index (χ0n) is 14.4. The Bertz CT molecular complexity index is 744. The van der Waals surface area contributed by atoms with Crippen LogP contribution in [0.1, 0.15) is 23.7 Å². The topological polar surface area (TPSA) is 73.9 Å². The molecule has 2 rings (SSSR count). The smallest absolute Gasteiger partial charge is 0.337 e. The predicted molar refractivity (Wildman–Crippen MR) is 94.1 cm³/mol. The molecule has 1 N–H and O–H groups in total. The summed E-state index contributed by atoms with van der Waals surface area (Å²) in [5.74, 6) is 0.436. The molecular formula is C19H21NO5. The summed E-state index contributed by atoms with van der Waals surface area (Å²) >= 11 is 0. The summed E-state index contributed by atoms with van der Waals surface area (Å²) in [4.78, 5) is 24.0. The summed E-state index contributed by atoms with van der Waals surface area (Å²) in [7, 11) is 2.88. The maximum Gasteiger partial charge on any atom is 0.337 e. The number of carbonyl (C=O) groups is 2.